The van der Waals surface area contributed by atoms with Crippen molar-refractivity contribution >= 4 is 17.3 Å². The zero-order chi connectivity index (χ0) is 14.8. The molecule has 0 aliphatic heterocycles. The highest BCUT2D eigenvalue weighted by molar-refractivity contribution is 6.28. The van der Waals surface area contributed by atoms with Gasteiger partial charge in [-0.25, -0.2) is 9.97 Å². The fraction of sp³-hybridized carbons (Fsp3) is 0. The van der Waals surface area contributed by atoms with Crippen LogP contribution in [0.25, 0.3) is 22.5 Å². The Morgan fingerprint density at radius 2 is 1.95 bits per heavy atom. The second-order valence-electron chi connectivity index (χ2n) is 4.17. The molecule has 0 unspecified atom stereocenters. The number of halogens is 1. The van der Waals surface area contributed by atoms with E-state index in [-0.39, 0.29) is 11.0 Å². The number of nitrogens with one attached hydrogen (secondary N) is 1. The van der Waals surface area contributed by atoms with E-state index in [1.54, 1.807) is 30.6 Å². The first-order valence-corrected chi connectivity index (χ1v) is 6.30. The molecule has 0 saturated carbocycles. The summed E-state index contributed by atoms with van der Waals surface area (Å²) in [7, 11) is 0. The van der Waals surface area contributed by atoms with Gasteiger partial charge >= 0.3 is 0 Å². The predicted molar refractivity (Wildman–Crippen MR) is 76.7 cm³/mol. The summed E-state index contributed by atoms with van der Waals surface area (Å²) in [6.45, 7) is 0. The van der Waals surface area contributed by atoms with Crippen LogP contribution in [0.3, 0.4) is 0 Å². The zero-order valence-electron chi connectivity index (χ0n) is 10.5. The average Bonchev–Trinajstić information content (AvgIpc) is 2.97. The molecule has 0 saturated heterocycles. The summed E-state index contributed by atoms with van der Waals surface area (Å²) < 4.78 is 0. The van der Waals surface area contributed by atoms with Gasteiger partial charge in [0.2, 0.25) is 5.28 Å². The Morgan fingerprint density at radius 3 is 2.62 bits per heavy atom. The summed E-state index contributed by atoms with van der Waals surface area (Å²) in [5.74, 6) is 0. The van der Waals surface area contributed by atoms with E-state index in [0.717, 1.165) is 11.1 Å². The van der Waals surface area contributed by atoms with Gasteiger partial charge in [-0.15, -0.1) is 0 Å². The molecule has 0 radical (unpaired) electrons. The van der Waals surface area contributed by atoms with Gasteiger partial charge in [-0.1, -0.05) is 0 Å². The topological polar surface area (TPSA) is 97.6 Å². The molecule has 0 aliphatic rings. The molecule has 1 N–H and O–H groups in total. The maximum atomic E-state index is 10.7. The van der Waals surface area contributed by atoms with Gasteiger partial charge in [-0.2, -0.15) is 5.10 Å². The van der Waals surface area contributed by atoms with Crippen molar-refractivity contribution in [1.82, 2.24) is 20.2 Å². The Labute approximate surface area is 123 Å². The number of benzene rings is 1. The first kappa shape index (κ1) is 13.2. The fourth-order valence-electron chi connectivity index (χ4n) is 1.94. The van der Waals surface area contributed by atoms with Crippen LogP contribution in [-0.4, -0.2) is 25.1 Å². The maximum Gasteiger partial charge on any atom is 0.269 e. The predicted octanol–water partition coefficient (Wildman–Crippen LogP) is 3.10. The molecule has 1 aromatic carbocycles. The van der Waals surface area contributed by atoms with Gasteiger partial charge in [0.05, 0.1) is 22.5 Å². The number of hydrogen-bond donors (Lipinski definition) is 1. The smallest absolute Gasteiger partial charge is 0.269 e. The third-order valence-corrected chi connectivity index (χ3v) is 3.09. The van der Waals surface area contributed by atoms with E-state index < -0.39 is 4.92 Å². The van der Waals surface area contributed by atoms with E-state index in [4.69, 9.17) is 11.6 Å². The van der Waals surface area contributed by atoms with Gasteiger partial charge in [0.1, 0.15) is 0 Å². The van der Waals surface area contributed by atoms with Crippen LogP contribution in [-0.2, 0) is 0 Å². The first-order valence-electron chi connectivity index (χ1n) is 5.92. The van der Waals surface area contributed by atoms with Crippen molar-refractivity contribution in [2.45, 2.75) is 0 Å². The van der Waals surface area contributed by atoms with E-state index in [1.165, 1.54) is 12.1 Å². The molecule has 0 atom stereocenters. The summed E-state index contributed by atoms with van der Waals surface area (Å²) in [6, 6.07) is 7.89. The van der Waals surface area contributed by atoms with Crippen LogP contribution in [0.4, 0.5) is 5.69 Å². The lowest BCUT2D eigenvalue weighted by molar-refractivity contribution is -0.384. The lowest BCUT2D eigenvalue weighted by atomic mass is 10.1. The second-order valence-corrected chi connectivity index (χ2v) is 4.51. The zero-order valence-corrected chi connectivity index (χ0v) is 11.3. The molecule has 0 fully saturated rings. The quantitative estimate of drug-likeness (QED) is 0.455. The molecule has 0 aliphatic carbocycles. The van der Waals surface area contributed by atoms with Gasteiger partial charge in [-0.3, -0.25) is 15.2 Å². The van der Waals surface area contributed by atoms with Gasteiger partial charge in [-0.05, 0) is 29.8 Å². The molecule has 8 heteroatoms. The summed E-state index contributed by atoms with van der Waals surface area (Å²) >= 11 is 5.79. The lowest BCUT2D eigenvalue weighted by Gasteiger charge is -2.03. The van der Waals surface area contributed by atoms with Crippen LogP contribution >= 0.6 is 11.6 Å². The van der Waals surface area contributed by atoms with Crippen molar-refractivity contribution in [3.05, 3.63) is 58.1 Å². The number of H-pyrrole nitrogens is 1. The van der Waals surface area contributed by atoms with E-state index in [0.29, 0.717) is 11.4 Å². The maximum absolute atomic E-state index is 10.7. The Hall–Kier alpha value is -2.80. The highest BCUT2D eigenvalue weighted by atomic mass is 35.5. The van der Waals surface area contributed by atoms with Gasteiger partial charge in [0.15, 0.2) is 0 Å². The Kier molecular flexibility index (Phi) is 3.33. The second kappa shape index (κ2) is 5.29. The van der Waals surface area contributed by atoms with Crippen molar-refractivity contribution < 1.29 is 4.92 Å². The largest absolute Gasteiger partial charge is 0.277 e. The number of nitrogens with zero attached hydrogens (tertiary/aromatic N) is 4. The first-order chi connectivity index (χ1) is 10.1. The third kappa shape index (κ3) is 2.59. The van der Waals surface area contributed by atoms with Gasteiger partial charge < -0.3 is 0 Å². The summed E-state index contributed by atoms with van der Waals surface area (Å²) in [5, 5.41) is 17.7. The van der Waals surface area contributed by atoms with Crippen molar-refractivity contribution in [2.75, 3.05) is 0 Å². The van der Waals surface area contributed by atoms with Crippen molar-refractivity contribution in [2.24, 2.45) is 0 Å². The molecule has 0 spiro atoms. The molecular formula is C13H8ClN5O2. The van der Waals surface area contributed by atoms with Crippen LogP contribution in [0.5, 0.6) is 0 Å². The van der Waals surface area contributed by atoms with Crippen LogP contribution in [0, 0.1) is 10.1 Å². The van der Waals surface area contributed by atoms with E-state index >= 15 is 0 Å². The van der Waals surface area contributed by atoms with Crippen molar-refractivity contribution in [3.8, 4) is 22.5 Å². The number of nitro benzene ring substituents is 1. The SMILES string of the molecule is O=[N+]([O-])c1ccc(-c2[nH]ncc2-c2ccnc(Cl)n2)cc1. The van der Waals surface area contributed by atoms with E-state index in [9.17, 15) is 10.1 Å². The summed E-state index contributed by atoms with van der Waals surface area (Å²) in [6.07, 6.45) is 3.17. The molecule has 3 rings (SSSR count). The Bertz CT molecular complexity index is 800. The third-order valence-electron chi connectivity index (χ3n) is 2.91. The van der Waals surface area contributed by atoms with Gasteiger partial charge in [0, 0.05) is 29.5 Å². The number of non-ortho nitro benzene ring substituents is 1. The van der Waals surface area contributed by atoms with E-state index in [2.05, 4.69) is 20.2 Å². The minimum atomic E-state index is -0.443. The number of hydrogen-bond acceptors (Lipinski definition) is 5. The van der Waals surface area contributed by atoms with Crippen LogP contribution in [0.2, 0.25) is 5.28 Å². The summed E-state index contributed by atoms with van der Waals surface area (Å²) in [5.41, 5.74) is 2.87. The molecular weight excluding hydrogens is 294 g/mol. The number of rotatable bonds is 3. The lowest BCUT2D eigenvalue weighted by Crippen LogP contribution is -1.90. The van der Waals surface area contributed by atoms with Crippen LogP contribution in [0.15, 0.2) is 42.7 Å². The number of aromatic amines is 1. The Balaban J connectivity index is 2.04. The molecule has 104 valence electrons. The molecule has 3 aromatic rings. The highest BCUT2D eigenvalue weighted by Gasteiger charge is 2.13. The molecule has 2 heterocycles. The molecule has 7 nitrogen and oxygen atoms in total. The standard InChI is InChI=1S/C13H8ClN5O2/c14-13-15-6-5-11(17-13)10-7-16-18-12(10)8-1-3-9(4-2-8)19(20)21/h1-7H,(H,16,18). The van der Waals surface area contributed by atoms with Gasteiger partial charge in [0.25, 0.3) is 5.69 Å². The minimum absolute atomic E-state index is 0.0323. The number of aromatic nitrogens is 4. The highest BCUT2D eigenvalue weighted by Crippen LogP contribution is 2.30. The monoisotopic (exact) mass is 301 g/mol. The number of nitro groups is 1. The minimum Gasteiger partial charge on any atom is -0.277 e. The normalized spacial score (nSPS) is 10.5. The molecule has 0 amide bonds. The summed E-state index contributed by atoms with van der Waals surface area (Å²) in [4.78, 5) is 18.2. The van der Waals surface area contributed by atoms with E-state index in [1.807, 2.05) is 0 Å². The molecule has 21 heavy (non-hydrogen) atoms. The Morgan fingerprint density at radius 1 is 1.19 bits per heavy atom. The van der Waals surface area contributed by atoms with Crippen LogP contribution < -0.4 is 0 Å². The average molecular weight is 302 g/mol. The van der Waals surface area contributed by atoms with Crippen LogP contribution in [0.1, 0.15) is 0 Å². The van der Waals surface area contributed by atoms with Crippen molar-refractivity contribution in [1.29, 1.82) is 0 Å². The fourth-order valence-corrected chi connectivity index (χ4v) is 2.08. The van der Waals surface area contributed by atoms with Crippen molar-refractivity contribution in [3.63, 3.8) is 0 Å². The molecule has 2 aromatic heterocycles. The molecule has 0 bridgehead atoms.